The zero-order valence-corrected chi connectivity index (χ0v) is 17.7. The van der Waals surface area contributed by atoms with Gasteiger partial charge in [-0.15, -0.1) is 0 Å². The van der Waals surface area contributed by atoms with Crippen molar-refractivity contribution in [3.8, 4) is 0 Å². The summed E-state index contributed by atoms with van der Waals surface area (Å²) in [6, 6.07) is 15.6. The lowest BCUT2D eigenvalue weighted by Gasteiger charge is -2.30. The zero-order valence-electron chi connectivity index (χ0n) is 17.7. The Labute approximate surface area is 183 Å². The second-order valence-corrected chi connectivity index (χ2v) is 7.80. The second-order valence-electron chi connectivity index (χ2n) is 7.80. The minimum absolute atomic E-state index is 0.184. The van der Waals surface area contributed by atoms with Gasteiger partial charge in [0.2, 0.25) is 0 Å². The summed E-state index contributed by atoms with van der Waals surface area (Å²) in [4.78, 5) is 32.4. The second kappa shape index (κ2) is 7.56. The number of nitrogens with one attached hydrogen (secondary N) is 3. The van der Waals surface area contributed by atoms with Crippen molar-refractivity contribution in [2.75, 3.05) is 14.2 Å². The molecule has 0 saturated heterocycles. The highest BCUT2D eigenvalue weighted by atomic mass is 16.5. The number of para-hydroxylation sites is 2. The van der Waals surface area contributed by atoms with Crippen LogP contribution < -0.4 is 5.43 Å². The van der Waals surface area contributed by atoms with Gasteiger partial charge in [0.05, 0.1) is 19.9 Å². The smallest absolute Gasteiger partial charge is 0.354 e. The van der Waals surface area contributed by atoms with Gasteiger partial charge in [0.15, 0.2) is 5.54 Å². The molecule has 1 aliphatic heterocycles. The van der Waals surface area contributed by atoms with Gasteiger partial charge in [0.25, 0.3) is 0 Å². The molecule has 8 heteroatoms. The van der Waals surface area contributed by atoms with Crippen molar-refractivity contribution in [2.24, 2.45) is 5.10 Å². The standard InChI is InChI=1S/C24H22N4O4/c1-31-22(29)20-11-17-16-8-4-6-10-19(16)26-21(17)24(28-27-20,23(30)32-2)12-14-13-25-18-9-5-3-7-15(14)18/h3-10,13,25-26,28H,11-12H2,1-2H3. The fraction of sp³-hybridized carbons (Fsp3) is 0.208. The molecular weight excluding hydrogens is 408 g/mol. The SMILES string of the molecule is COC(=O)C1=NNC(Cc2c[nH]c3ccccc23)(C(=O)OC)c2[nH]c3ccccc3c2C1. The Bertz CT molecular complexity index is 1380. The Balaban J connectivity index is 1.76. The summed E-state index contributed by atoms with van der Waals surface area (Å²) in [6.07, 6.45) is 2.35. The minimum Gasteiger partial charge on any atom is -0.467 e. The van der Waals surface area contributed by atoms with Crippen LogP contribution in [0.5, 0.6) is 0 Å². The first kappa shape index (κ1) is 19.9. The predicted octanol–water partition coefficient (Wildman–Crippen LogP) is 2.93. The maximum absolute atomic E-state index is 13.4. The van der Waals surface area contributed by atoms with Crippen molar-refractivity contribution in [3.05, 3.63) is 71.5 Å². The first-order valence-electron chi connectivity index (χ1n) is 10.2. The Kier molecular flexibility index (Phi) is 4.70. The van der Waals surface area contributed by atoms with Crippen LogP contribution in [0.1, 0.15) is 16.8 Å². The predicted molar refractivity (Wildman–Crippen MR) is 120 cm³/mol. The van der Waals surface area contributed by atoms with E-state index in [0.29, 0.717) is 5.69 Å². The summed E-state index contributed by atoms with van der Waals surface area (Å²) in [5.74, 6) is -1.06. The number of H-pyrrole nitrogens is 2. The van der Waals surface area contributed by atoms with Crippen LogP contribution in [0.25, 0.3) is 21.8 Å². The molecule has 3 N–H and O–H groups in total. The Morgan fingerprint density at radius 2 is 1.72 bits per heavy atom. The third-order valence-corrected chi connectivity index (χ3v) is 6.05. The van der Waals surface area contributed by atoms with Gasteiger partial charge in [-0.3, -0.25) is 5.43 Å². The molecule has 2 aromatic heterocycles. The quantitative estimate of drug-likeness (QED) is 0.432. The number of esters is 2. The van der Waals surface area contributed by atoms with E-state index >= 15 is 0 Å². The van der Waals surface area contributed by atoms with Crippen LogP contribution in [0.2, 0.25) is 0 Å². The lowest BCUT2D eigenvalue weighted by molar-refractivity contribution is -0.149. The molecule has 8 nitrogen and oxygen atoms in total. The van der Waals surface area contributed by atoms with Gasteiger partial charge >= 0.3 is 11.9 Å². The molecule has 2 aromatic carbocycles. The molecule has 32 heavy (non-hydrogen) atoms. The first-order valence-corrected chi connectivity index (χ1v) is 10.2. The number of nitrogens with zero attached hydrogens (tertiary/aromatic N) is 1. The first-order chi connectivity index (χ1) is 15.6. The molecule has 3 heterocycles. The largest absolute Gasteiger partial charge is 0.467 e. The molecule has 0 fully saturated rings. The van der Waals surface area contributed by atoms with Crippen LogP contribution in [0, 0.1) is 0 Å². The van der Waals surface area contributed by atoms with Crippen LogP contribution in [0.15, 0.2) is 59.8 Å². The number of hydrogen-bond acceptors (Lipinski definition) is 6. The van der Waals surface area contributed by atoms with Crippen LogP contribution in [-0.2, 0) is 37.4 Å². The number of benzene rings is 2. The molecule has 0 saturated carbocycles. The molecular formula is C24H22N4O4. The van der Waals surface area contributed by atoms with E-state index in [1.54, 1.807) is 0 Å². The van der Waals surface area contributed by atoms with Gasteiger partial charge in [-0.25, -0.2) is 9.59 Å². The number of hydrogen-bond donors (Lipinski definition) is 3. The van der Waals surface area contributed by atoms with Crippen molar-refractivity contribution in [1.82, 2.24) is 15.4 Å². The Morgan fingerprint density at radius 1 is 1.00 bits per heavy atom. The van der Waals surface area contributed by atoms with Gasteiger partial charge in [-0.05, 0) is 23.3 Å². The van der Waals surface area contributed by atoms with Gasteiger partial charge in [0, 0.05) is 40.8 Å². The highest BCUT2D eigenvalue weighted by Crippen LogP contribution is 2.37. The molecule has 1 atom stereocenters. The Morgan fingerprint density at radius 3 is 2.47 bits per heavy atom. The molecule has 0 radical (unpaired) electrons. The van der Waals surface area contributed by atoms with Gasteiger partial charge in [-0.2, -0.15) is 5.10 Å². The lowest BCUT2D eigenvalue weighted by atomic mass is 9.85. The van der Waals surface area contributed by atoms with E-state index in [2.05, 4.69) is 20.5 Å². The zero-order chi connectivity index (χ0) is 22.3. The third-order valence-electron chi connectivity index (χ3n) is 6.05. The lowest BCUT2D eigenvalue weighted by Crippen LogP contribution is -2.50. The van der Waals surface area contributed by atoms with E-state index in [-0.39, 0.29) is 18.6 Å². The van der Waals surface area contributed by atoms with E-state index in [1.165, 1.54) is 14.2 Å². The van der Waals surface area contributed by atoms with Crippen molar-refractivity contribution < 1.29 is 19.1 Å². The van der Waals surface area contributed by atoms with E-state index in [0.717, 1.165) is 32.9 Å². The fourth-order valence-electron chi connectivity index (χ4n) is 4.49. The number of carbonyl (C=O) groups excluding carboxylic acids is 2. The molecule has 0 amide bonds. The summed E-state index contributed by atoms with van der Waals surface area (Å²) in [7, 11) is 2.66. The van der Waals surface area contributed by atoms with E-state index in [4.69, 9.17) is 9.47 Å². The number of methoxy groups -OCH3 is 2. The minimum atomic E-state index is -1.37. The molecule has 1 aliphatic rings. The van der Waals surface area contributed by atoms with Crippen molar-refractivity contribution in [2.45, 2.75) is 18.4 Å². The average Bonchev–Trinajstić information content (AvgIpc) is 3.36. The van der Waals surface area contributed by atoms with Crippen molar-refractivity contribution in [3.63, 3.8) is 0 Å². The monoisotopic (exact) mass is 430 g/mol. The number of aromatic nitrogens is 2. The molecule has 0 spiro atoms. The number of hydrazone groups is 1. The van der Waals surface area contributed by atoms with Crippen molar-refractivity contribution >= 4 is 39.5 Å². The van der Waals surface area contributed by atoms with Crippen molar-refractivity contribution in [1.29, 1.82) is 0 Å². The van der Waals surface area contributed by atoms with E-state index in [1.807, 2.05) is 54.7 Å². The number of carbonyl (C=O) groups is 2. The molecule has 0 bridgehead atoms. The van der Waals surface area contributed by atoms with Crippen LogP contribution >= 0.6 is 0 Å². The maximum atomic E-state index is 13.4. The fourth-order valence-corrected chi connectivity index (χ4v) is 4.49. The third kappa shape index (κ3) is 2.95. The summed E-state index contributed by atoms with van der Waals surface area (Å²) in [5, 5.41) is 6.24. The highest BCUT2D eigenvalue weighted by Gasteiger charge is 2.47. The summed E-state index contributed by atoms with van der Waals surface area (Å²) < 4.78 is 10.2. The molecule has 1 unspecified atom stereocenters. The summed E-state index contributed by atoms with van der Waals surface area (Å²) in [6.45, 7) is 0. The summed E-state index contributed by atoms with van der Waals surface area (Å²) >= 11 is 0. The number of rotatable bonds is 4. The van der Waals surface area contributed by atoms with Gasteiger partial charge in [0.1, 0.15) is 5.71 Å². The number of fused-ring (bicyclic) bond motifs is 4. The normalized spacial score (nSPS) is 17.9. The van der Waals surface area contributed by atoms with Gasteiger partial charge in [-0.1, -0.05) is 36.4 Å². The molecule has 4 aromatic rings. The van der Waals surface area contributed by atoms with Crippen LogP contribution in [0.3, 0.4) is 0 Å². The highest BCUT2D eigenvalue weighted by molar-refractivity contribution is 6.37. The van der Waals surface area contributed by atoms with E-state index < -0.39 is 17.5 Å². The summed E-state index contributed by atoms with van der Waals surface area (Å²) in [5.41, 5.74) is 5.98. The van der Waals surface area contributed by atoms with Gasteiger partial charge < -0.3 is 19.4 Å². The molecule has 162 valence electrons. The maximum Gasteiger partial charge on any atom is 0.354 e. The Hall–Kier alpha value is -4.07. The number of aromatic amines is 2. The topological polar surface area (TPSA) is 109 Å². The van der Waals surface area contributed by atoms with Crippen LogP contribution in [0.4, 0.5) is 0 Å². The molecule has 5 rings (SSSR count). The number of ether oxygens (including phenoxy) is 2. The molecule has 0 aliphatic carbocycles. The average molecular weight is 430 g/mol. The van der Waals surface area contributed by atoms with Crippen LogP contribution in [-0.4, -0.2) is 41.8 Å². The van der Waals surface area contributed by atoms with E-state index in [9.17, 15) is 9.59 Å².